The minimum Gasteiger partial charge on any atom is -0.377 e. The number of hydrogen-bond donors (Lipinski definition) is 0. The van der Waals surface area contributed by atoms with Crippen molar-refractivity contribution in [1.29, 1.82) is 0 Å². The van der Waals surface area contributed by atoms with E-state index in [9.17, 15) is 0 Å². The van der Waals surface area contributed by atoms with Crippen molar-refractivity contribution < 1.29 is 4.74 Å². The highest BCUT2D eigenvalue weighted by molar-refractivity contribution is 5.00. The van der Waals surface area contributed by atoms with Crippen molar-refractivity contribution in [3.63, 3.8) is 0 Å². The monoisotopic (exact) mass is 139 g/mol. The summed E-state index contributed by atoms with van der Waals surface area (Å²) in [5, 5.41) is 0. The van der Waals surface area contributed by atoms with Crippen LogP contribution in [0, 0.1) is 6.92 Å². The molecule has 0 aromatic carbocycles. The summed E-state index contributed by atoms with van der Waals surface area (Å²) >= 11 is 0. The standard InChI is InChI=1S/C9H15O/c1-3-5-6-7-9-10-8-4-2/h3,5-7H,2,4,8-9H2,1H3. The molecule has 0 atom stereocenters. The average molecular weight is 139 g/mol. The van der Waals surface area contributed by atoms with E-state index in [0.717, 1.165) is 13.0 Å². The van der Waals surface area contributed by atoms with E-state index in [1.807, 2.05) is 31.2 Å². The first-order valence-corrected chi connectivity index (χ1v) is 3.56. The Kier molecular flexibility index (Phi) is 7.97. The third-order valence-electron chi connectivity index (χ3n) is 0.942. The molecule has 10 heavy (non-hydrogen) atoms. The molecule has 57 valence electrons. The van der Waals surface area contributed by atoms with Gasteiger partial charge in [-0.05, 0) is 13.3 Å². The van der Waals surface area contributed by atoms with Crippen LogP contribution in [0.1, 0.15) is 13.3 Å². The molecule has 0 aliphatic heterocycles. The molecule has 0 aliphatic rings. The average Bonchev–Trinajstić information content (AvgIpc) is 1.97. The predicted octanol–water partition coefficient (Wildman–Crippen LogP) is 2.36. The second kappa shape index (κ2) is 8.44. The molecule has 0 bridgehead atoms. The van der Waals surface area contributed by atoms with Gasteiger partial charge in [-0.1, -0.05) is 31.2 Å². The molecule has 0 unspecified atom stereocenters. The van der Waals surface area contributed by atoms with Gasteiger partial charge in [-0.2, -0.15) is 0 Å². The van der Waals surface area contributed by atoms with Gasteiger partial charge < -0.3 is 4.74 Å². The van der Waals surface area contributed by atoms with E-state index in [1.165, 1.54) is 0 Å². The second-order valence-electron chi connectivity index (χ2n) is 1.88. The van der Waals surface area contributed by atoms with Crippen LogP contribution in [0.15, 0.2) is 24.3 Å². The molecule has 0 fully saturated rings. The Morgan fingerprint density at radius 3 is 2.80 bits per heavy atom. The SMILES string of the molecule is [CH2]CCOCC=CC=CC. The van der Waals surface area contributed by atoms with Crippen LogP contribution in [0.3, 0.4) is 0 Å². The van der Waals surface area contributed by atoms with Gasteiger partial charge in [-0.3, -0.25) is 0 Å². The second-order valence-corrected chi connectivity index (χ2v) is 1.88. The van der Waals surface area contributed by atoms with E-state index in [1.54, 1.807) is 0 Å². The van der Waals surface area contributed by atoms with Crippen LogP contribution < -0.4 is 0 Å². The number of hydrogen-bond acceptors (Lipinski definition) is 1. The summed E-state index contributed by atoms with van der Waals surface area (Å²) in [4.78, 5) is 0. The van der Waals surface area contributed by atoms with E-state index in [0.29, 0.717) is 6.61 Å². The Balaban J connectivity index is 3.02. The zero-order valence-electron chi connectivity index (χ0n) is 6.55. The van der Waals surface area contributed by atoms with Crippen molar-refractivity contribution in [2.75, 3.05) is 13.2 Å². The first-order chi connectivity index (χ1) is 4.91. The van der Waals surface area contributed by atoms with Gasteiger partial charge in [-0.25, -0.2) is 0 Å². The summed E-state index contributed by atoms with van der Waals surface area (Å²) in [6, 6.07) is 0. The summed E-state index contributed by atoms with van der Waals surface area (Å²) < 4.78 is 5.15. The van der Waals surface area contributed by atoms with E-state index in [-0.39, 0.29) is 0 Å². The molecule has 0 spiro atoms. The predicted molar refractivity (Wildman–Crippen MR) is 44.7 cm³/mol. The first kappa shape index (κ1) is 9.44. The lowest BCUT2D eigenvalue weighted by atomic mass is 10.4. The van der Waals surface area contributed by atoms with Gasteiger partial charge in [0.2, 0.25) is 0 Å². The highest BCUT2D eigenvalue weighted by Crippen LogP contribution is 1.81. The molecular weight excluding hydrogens is 124 g/mol. The molecular formula is C9H15O. The van der Waals surface area contributed by atoms with Gasteiger partial charge in [0.25, 0.3) is 0 Å². The highest BCUT2D eigenvalue weighted by atomic mass is 16.5. The Bertz CT molecular complexity index is 103. The third-order valence-corrected chi connectivity index (χ3v) is 0.942. The number of ether oxygens (including phenoxy) is 1. The van der Waals surface area contributed by atoms with Crippen molar-refractivity contribution in [2.45, 2.75) is 13.3 Å². The van der Waals surface area contributed by atoms with Gasteiger partial charge in [-0.15, -0.1) is 0 Å². The molecule has 1 radical (unpaired) electrons. The molecule has 0 aromatic rings. The highest BCUT2D eigenvalue weighted by Gasteiger charge is 1.76. The van der Waals surface area contributed by atoms with E-state index in [4.69, 9.17) is 4.74 Å². The lowest BCUT2D eigenvalue weighted by Crippen LogP contribution is -1.91. The van der Waals surface area contributed by atoms with Gasteiger partial charge in [0.15, 0.2) is 0 Å². The fraction of sp³-hybridized carbons (Fsp3) is 0.444. The molecule has 0 aromatic heterocycles. The molecule has 1 nitrogen and oxygen atoms in total. The van der Waals surface area contributed by atoms with Crippen molar-refractivity contribution in [3.05, 3.63) is 31.2 Å². The van der Waals surface area contributed by atoms with Crippen molar-refractivity contribution >= 4 is 0 Å². The molecule has 0 heterocycles. The van der Waals surface area contributed by atoms with Crippen LogP contribution in [0.4, 0.5) is 0 Å². The number of allylic oxidation sites excluding steroid dienone is 3. The van der Waals surface area contributed by atoms with Crippen molar-refractivity contribution in [3.8, 4) is 0 Å². The smallest absolute Gasteiger partial charge is 0.0650 e. The summed E-state index contributed by atoms with van der Waals surface area (Å²) in [6.45, 7) is 7.09. The maximum absolute atomic E-state index is 5.15. The molecule has 0 rings (SSSR count). The van der Waals surface area contributed by atoms with E-state index < -0.39 is 0 Å². The quantitative estimate of drug-likeness (QED) is 0.419. The van der Waals surface area contributed by atoms with Gasteiger partial charge in [0.1, 0.15) is 0 Å². The summed E-state index contributed by atoms with van der Waals surface area (Å²) in [7, 11) is 0. The zero-order chi connectivity index (χ0) is 7.66. The lowest BCUT2D eigenvalue weighted by molar-refractivity contribution is 0.167. The number of rotatable bonds is 5. The Morgan fingerprint density at radius 2 is 2.20 bits per heavy atom. The fourth-order valence-electron chi connectivity index (χ4n) is 0.499. The maximum Gasteiger partial charge on any atom is 0.0650 e. The fourth-order valence-corrected chi connectivity index (χ4v) is 0.499. The van der Waals surface area contributed by atoms with E-state index >= 15 is 0 Å². The van der Waals surface area contributed by atoms with Crippen LogP contribution in [-0.4, -0.2) is 13.2 Å². The van der Waals surface area contributed by atoms with Crippen LogP contribution in [0.25, 0.3) is 0 Å². The normalized spacial score (nSPS) is 11.8. The van der Waals surface area contributed by atoms with Gasteiger partial charge >= 0.3 is 0 Å². The Morgan fingerprint density at radius 1 is 1.40 bits per heavy atom. The summed E-state index contributed by atoms with van der Waals surface area (Å²) in [5.74, 6) is 0. The maximum atomic E-state index is 5.15. The minimum atomic E-state index is 0.694. The third kappa shape index (κ3) is 7.44. The van der Waals surface area contributed by atoms with Crippen LogP contribution in [0.5, 0.6) is 0 Å². The summed E-state index contributed by atoms with van der Waals surface area (Å²) in [5.41, 5.74) is 0. The zero-order valence-corrected chi connectivity index (χ0v) is 6.55. The molecule has 0 N–H and O–H groups in total. The lowest BCUT2D eigenvalue weighted by Gasteiger charge is -1.93. The largest absolute Gasteiger partial charge is 0.377 e. The molecule has 0 amide bonds. The van der Waals surface area contributed by atoms with Gasteiger partial charge in [0.05, 0.1) is 6.61 Å². The van der Waals surface area contributed by atoms with Crippen LogP contribution in [0.2, 0.25) is 0 Å². The molecule has 0 saturated carbocycles. The Labute approximate surface area is 63.4 Å². The first-order valence-electron chi connectivity index (χ1n) is 3.56. The molecule has 0 aliphatic carbocycles. The van der Waals surface area contributed by atoms with Crippen LogP contribution in [-0.2, 0) is 4.74 Å². The minimum absolute atomic E-state index is 0.694. The van der Waals surface area contributed by atoms with Crippen molar-refractivity contribution in [1.82, 2.24) is 0 Å². The summed E-state index contributed by atoms with van der Waals surface area (Å²) in [6.07, 6.45) is 8.77. The van der Waals surface area contributed by atoms with Gasteiger partial charge in [0, 0.05) is 6.61 Å². The van der Waals surface area contributed by atoms with Crippen molar-refractivity contribution in [2.24, 2.45) is 0 Å². The van der Waals surface area contributed by atoms with Crippen LogP contribution >= 0.6 is 0 Å². The topological polar surface area (TPSA) is 9.23 Å². The Hall–Kier alpha value is -0.560. The molecule has 1 heteroatoms. The molecule has 0 saturated heterocycles. The van der Waals surface area contributed by atoms with E-state index in [2.05, 4.69) is 6.92 Å².